The number of hydrogen-bond acceptors (Lipinski definition) is 6. The highest BCUT2D eigenvalue weighted by Crippen LogP contribution is 2.35. The molecule has 6 nitrogen and oxygen atoms in total. The minimum absolute atomic E-state index is 0.343. The van der Waals surface area contributed by atoms with Crippen molar-refractivity contribution < 1.29 is 4.39 Å². The number of aryl methyl sites for hydroxylation is 1. The molecule has 1 aromatic carbocycles. The first-order valence-corrected chi connectivity index (χ1v) is 10.8. The summed E-state index contributed by atoms with van der Waals surface area (Å²) in [5.74, 6) is -0.343. The number of benzene rings is 1. The van der Waals surface area contributed by atoms with Gasteiger partial charge in [0.05, 0.1) is 16.0 Å². The van der Waals surface area contributed by atoms with Gasteiger partial charge in [-0.25, -0.2) is 14.4 Å². The molecule has 4 aromatic rings. The average Bonchev–Trinajstić information content (AvgIpc) is 3.36. The van der Waals surface area contributed by atoms with Gasteiger partial charge in [-0.1, -0.05) is 11.3 Å². The van der Waals surface area contributed by atoms with E-state index in [1.165, 1.54) is 17.4 Å². The van der Waals surface area contributed by atoms with Crippen molar-refractivity contribution in [1.82, 2.24) is 19.7 Å². The Morgan fingerprint density at radius 2 is 2.00 bits per heavy atom. The largest absolute Gasteiger partial charge is 0.348 e. The zero-order valence-electron chi connectivity index (χ0n) is 16.8. The van der Waals surface area contributed by atoms with Gasteiger partial charge in [0.1, 0.15) is 11.6 Å². The van der Waals surface area contributed by atoms with E-state index < -0.39 is 0 Å². The van der Waals surface area contributed by atoms with Crippen LogP contribution in [0.3, 0.4) is 0 Å². The zero-order valence-corrected chi connectivity index (χ0v) is 17.6. The van der Waals surface area contributed by atoms with Crippen molar-refractivity contribution in [3.8, 4) is 17.2 Å². The molecule has 5 rings (SSSR count). The molecule has 0 amide bonds. The molecular formula is C22H21FN6S. The maximum Gasteiger partial charge on any atom is 0.186 e. The summed E-state index contributed by atoms with van der Waals surface area (Å²) < 4.78 is 17.6. The maximum atomic E-state index is 15.0. The first kappa shape index (κ1) is 19.0. The summed E-state index contributed by atoms with van der Waals surface area (Å²) in [7, 11) is 2.04. The molecule has 4 heterocycles. The Morgan fingerprint density at radius 3 is 2.77 bits per heavy atom. The van der Waals surface area contributed by atoms with E-state index in [0.717, 1.165) is 52.6 Å². The minimum atomic E-state index is -0.343. The summed E-state index contributed by atoms with van der Waals surface area (Å²) in [5, 5.41) is 13.7. The Hall–Kier alpha value is -3.02. The van der Waals surface area contributed by atoms with Crippen molar-refractivity contribution in [2.45, 2.75) is 25.8 Å². The van der Waals surface area contributed by atoms with Crippen LogP contribution in [0.25, 0.3) is 27.0 Å². The van der Waals surface area contributed by atoms with Crippen LogP contribution >= 0.6 is 11.3 Å². The van der Waals surface area contributed by atoms with E-state index in [2.05, 4.69) is 26.3 Å². The normalized spacial score (nSPS) is 15.0. The monoisotopic (exact) mass is 420 g/mol. The number of anilines is 1. The number of halogens is 1. The van der Waals surface area contributed by atoms with Crippen molar-refractivity contribution in [1.29, 1.82) is 5.26 Å². The second kappa shape index (κ2) is 7.35. The highest BCUT2D eigenvalue weighted by atomic mass is 32.1. The summed E-state index contributed by atoms with van der Waals surface area (Å²) in [6, 6.07) is 7.85. The molecule has 8 heteroatoms. The number of piperidine rings is 1. The van der Waals surface area contributed by atoms with Crippen molar-refractivity contribution in [2.75, 3.05) is 25.0 Å². The third-order valence-corrected chi connectivity index (χ3v) is 6.81. The third-order valence-electron chi connectivity index (χ3n) is 5.72. The molecular weight excluding hydrogens is 399 g/mol. The Morgan fingerprint density at radius 1 is 1.20 bits per heavy atom. The van der Waals surface area contributed by atoms with Crippen molar-refractivity contribution in [2.24, 2.45) is 0 Å². The lowest BCUT2D eigenvalue weighted by Gasteiger charge is -2.31. The van der Waals surface area contributed by atoms with E-state index in [1.54, 1.807) is 6.07 Å². The summed E-state index contributed by atoms with van der Waals surface area (Å²) in [6.07, 6.45) is 5.87. The standard InChI is InChI=1S/C22H21FN6S/c1-13-11-29-12-16(7-15(10-24)21(29)26-13)14-8-18(23)20-19(9-14)30-22(27-20)28(2)17-3-5-25-6-4-17/h7-9,11-12,17,25H,3-6H2,1-2H3. The minimum Gasteiger partial charge on any atom is -0.348 e. The molecule has 0 unspecified atom stereocenters. The number of thiazole rings is 1. The molecule has 0 saturated carbocycles. The molecule has 3 aromatic heterocycles. The van der Waals surface area contributed by atoms with E-state index in [0.29, 0.717) is 22.8 Å². The molecule has 0 atom stereocenters. The predicted octanol–water partition coefficient (Wildman–Crippen LogP) is 4.12. The highest BCUT2D eigenvalue weighted by molar-refractivity contribution is 7.22. The quantitative estimate of drug-likeness (QED) is 0.540. The van der Waals surface area contributed by atoms with Crippen LogP contribution in [0.1, 0.15) is 24.1 Å². The number of nitriles is 1. The number of hydrogen-bond donors (Lipinski definition) is 1. The van der Waals surface area contributed by atoms with Gasteiger partial charge in [-0.3, -0.25) is 0 Å². The Labute approximate surface area is 177 Å². The smallest absolute Gasteiger partial charge is 0.186 e. The summed E-state index contributed by atoms with van der Waals surface area (Å²) in [5.41, 5.74) is 3.82. The first-order valence-electron chi connectivity index (χ1n) is 9.97. The fourth-order valence-corrected chi connectivity index (χ4v) is 5.16. The van der Waals surface area contributed by atoms with Crippen LogP contribution in [0.5, 0.6) is 0 Å². The fraction of sp³-hybridized carbons (Fsp3) is 0.318. The van der Waals surface area contributed by atoms with Crippen molar-refractivity contribution in [3.05, 3.63) is 47.7 Å². The Kier molecular flexibility index (Phi) is 4.65. The van der Waals surface area contributed by atoms with Gasteiger partial charge < -0.3 is 14.6 Å². The van der Waals surface area contributed by atoms with Gasteiger partial charge in [-0.2, -0.15) is 5.26 Å². The zero-order chi connectivity index (χ0) is 20.8. The number of nitrogens with zero attached hydrogens (tertiary/aromatic N) is 5. The Bertz CT molecular complexity index is 1290. The van der Waals surface area contributed by atoms with Gasteiger partial charge in [-0.05, 0) is 62.2 Å². The second-order valence-electron chi connectivity index (χ2n) is 7.76. The molecule has 0 radical (unpaired) electrons. The number of fused-ring (bicyclic) bond motifs is 2. The summed E-state index contributed by atoms with van der Waals surface area (Å²) >= 11 is 1.51. The molecule has 1 fully saturated rings. The maximum absolute atomic E-state index is 15.0. The number of nitrogens with one attached hydrogen (secondary N) is 1. The Balaban J connectivity index is 1.58. The number of pyridine rings is 1. The van der Waals surface area contributed by atoms with Gasteiger partial charge in [0.15, 0.2) is 16.6 Å². The van der Waals surface area contributed by atoms with Crippen LogP contribution in [0.15, 0.2) is 30.6 Å². The summed E-state index contributed by atoms with van der Waals surface area (Å²) in [6.45, 7) is 3.88. The fourth-order valence-electron chi connectivity index (χ4n) is 4.11. The van der Waals surface area contributed by atoms with Crippen LogP contribution in [-0.2, 0) is 0 Å². The van der Waals surface area contributed by atoms with Crippen LogP contribution in [-0.4, -0.2) is 40.5 Å². The van der Waals surface area contributed by atoms with Crippen LogP contribution in [0.2, 0.25) is 0 Å². The summed E-state index contributed by atoms with van der Waals surface area (Å²) in [4.78, 5) is 11.2. The molecule has 1 N–H and O–H groups in total. The number of rotatable bonds is 3. The van der Waals surface area contributed by atoms with E-state index in [4.69, 9.17) is 0 Å². The van der Waals surface area contributed by atoms with Gasteiger partial charge in [-0.15, -0.1) is 0 Å². The van der Waals surface area contributed by atoms with Crippen molar-refractivity contribution >= 4 is 32.3 Å². The van der Waals surface area contributed by atoms with E-state index in [1.807, 2.05) is 36.8 Å². The van der Waals surface area contributed by atoms with Gasteiger partial charge in [0.25, 0.3) is 0 Å². The number of aromatic nitrogens is 3. The number of imidazole rings is 1. The lowest BCUT2D eigenvalue weighted by molar-refractivity contribution is 0.443. The topological polar surface area (TPSA) is 69.2 Å². The van der Waals surface area contributed by atoms with Crippen LogP contribution < -0.4 is 10.2 Å². The van der Waals surface area contributed by atoms with Crippen molar-refractivity contribution in [3.63, 3.8) is 0 Å². The molecule has 1 aliphatic heterocycles. The van der Waals surface area contributed by atoms with E-state index >= 15 is 0 Å². The highest BCUT2D eigenvalue weighted by Gasteiger charge is 2.22. The average molecular weight is 421 g/mol. The second-order valence-corrected chi connectivity index (χ2v) is 8.77. The first-order chi connectivity index (χ1) is 14.5. The molecule has 1 saturated heterocycles. The van der Waals surface area contributed by atoms with Crippen LogP contribution in [0.4, 0.5) is 9.52 Å². The van der Waals surface area contributed by atoms with Crippen LogP contribution in [0, 0.1) is 24.1 Å². The molecule has 152 valence electrons. The molecule has 1 aliphatic rings. The molecule has 0 bridgehead atoms. The lowest BCUT2D eigenvalue weighted by Crippen LogP contribution is -2.41. The molecule has 30 heavy (non-hydrogen) atoms. The van der Waals surface area contributed by atoms with Gasteiger partial charge in [0, 0.05) is 25.5 Å². The SMILES string of the molecule is Cc1cn2cc(-c3cc(F)c4nc(N(C)C5CCNCC5)sc4c3)cc(C#N)c2n1. The third kappa shape index (κ3) is 3.20. The molecule has 0 spiro atoms. The van der Waals surface area contributed by atoms with Gasteiger partial charge >= 0.3 is 0 Å². The van der Waals surface area contributed by atoms with E-state index in [-0.39, 0.29) is 5.82 Å². The van der Waals surface area contributed by atoms with Gasteiger partial charge in [0.2, 0.25) is 0 Å². The van der Waals surface area contributed by atoms with E-state index in [9.17, 15) is 9.65 Å². The lowest BCUT2D eigenvalue weighted by atomic mass is 10.1. The predicted molar refractivity (Wildman–Crippen MR) is 118 cm³/mol. The molecule has 0 aliphatic carbocycles.